The Hall–Kier alpha value is 0.0749. The number of hydrogen-bond donors (Lipinski definition) is 1. The van der Waals surface area contributed by atoms with Crippen LogP contribution in [-0.4, -0.2) is 24.1 Å². The predicted molar refractivity (Wildman–Crippen MR) is 77.6 cm³/mol. The van der Waals surface area contributed by atoms with Crippen molar-refractivity contribution in [1.82, 2.24) is 0 Å². The first kappa shape index (κ1) is 13.5. The lowest BCUT2D eigenvalue weighted by molar-refractivity contribution is 0.115. The Labute approximate surface area is 113 Å². The quantitative estimate of drug-likeness (QED) is 0.826. The molecule has 1 fully saturated rings. The van der Waals surface area contributed by atoms with E-state index in [0.29, 0.717) is 17.8 Å². The van der Waals surface area contributed by atoms with Gasteiger partial charge in [0, 0.05) is 4.88 Å². The zero-order valence-corrected chi connectivity index (χ0v) is 11.8. The monoisotopic (exact) mass is 266 g/mol. The third-order valence-corrected chi connectivity index (χ3v) is 5.34. The Bertz CT molecular complexity index is 328. The van der Waals surface area contributed by atoms with Crippen LogP contribution in [0.25, 0.3) is 0 Å². The molecule has 4 atom stereocenters. The van der Waals surface area contributed by atoms with Gasteiger partial charge in [-0.3, -0.25) is 0 Å². The van der Waals surface area contributed by atoms with Gasteiger partial charge in [-0.15, -0.1) is 11.3 Å². The number of rotatable bonds is 5. The Kier molecular flexibility index (Phi) is 5.01. The lowest BCUT2D eigenvalue weighted by atomic mass is 9.85. The van der Waals surface area contributed by atoms with Gasteiger partial charge >= 0.3 is 0 Å². The van der Waals surface area contributed by atoms with E-state index in [9.17, 15) is 5.11 Å². The molecular weight excluding hydrogens is 247 g/mol. The third kappa shape index (κ3) is 3.30. The molecule has 0 aliphatic heterocycles. The highest BCUT2D eigenvalue weighted by Crippen LogP contribution is 2.41. The molecule has 1 aliphatic rings. The number of aliphatic hydroxyl groups excluding tert-OH is 1. The molecule has 1 N–H and O–H groups in total. The van der Waals surface area contributed by atoms with Gasteiger partial charge in [0.15, 0.2) is 7.12 Å². The van der Waals surface area contributed by atoms with Crippen molar-refractivity contribution in [2.45, 2.75) is 32.3 Å². The normalized spacial score (nSPS) is 33.1. The summed E-state index contributed by atoms with van der Waals surface area (Å²) < 4.78 is 0. The molecule has 17 heavy (non-hydrogen) atoms. The Balaban J connectivity index is 2.00. The minimum atomic E-state index is -0.123. The minimum Gasteiger partial charge on any atom is -0.393 e. The predicted octanol–water partition coefficient (Wildman–Crippen LogP) is 3.13. The molecule has 0 bridgehead atoms. The standard InChI is InChI=1S/C13H19BOS2/c1-9-7-13(15)11(4-6-17-14)12(9)8-10-3-2-5-16-10/h2-3,5,9,11-13,15H,4,6-8H2,1H3. The molecule has 1 aliphatic carbocycles. The first-order chi connectivity index (χ1) is 8.22. The van der Waals surface area contributed by atoms with E-state index in [0.717, 1.165) is 25.0 Å². The van der Waals surface area contributed by atoms with Crippen LogP contribution in [0.5, 0.6) is 0 Å². The summed E-state index contributed by atoms with van der Waals surface area (Å²) in [5.74, 6) is 2.63. The van der Waals surface area contributed by atoms with Crippen LogP contribution in [0, 0.1) is 17.8 Å². The van der Waals surface area contributed by atoms with Gasteiger partial charge < -0.3 is 5.11 Å². The summed E-state index contributed by atoms with van der Waals surface area (Å²) in [6, 6.07) is 4.32. The van der Waals surface area contributed by atoms with Crippen molar-refractivity contribution >= 4 is 30.1 Å². The van der Waals surface area contributed by atoms with Crippen LogP contribution in [-0.2, 0) is 6.42 Å². The zero-order valence-electron chi connectivity index (χ0n) is 10.2. The molecule has 0 amide bonds. The number of aliphatic hydroxyl groups is 1. The maximum atomic E-state index is 10.1. The molecule has 2 rings (SSSR count). The van der Waals surface area contributed by atoms with Gasteiger partial charge in [-0.25, -0.2) is 11.6 Å². The van der Waals surface area contributed by atoms with Gasteiger partial charge in [-0.1, -0.05) is 13.0 Å². The van der Waals surface area contributed by atoms with Crippen LogP contribution in [0.4, 0.5) is 0 Å². The summed E-state index contributed by atoms with van der Waals surface area (Å²) in [4.78, 5) is 1.45. The van der Waals surface area contributed by atoms with E-state index in [1.54, 1.807) is 0 Å². The smallest absolute Gasteiger partial charge is 0.161 e. The molecule has 1 aromatic heterocycles. The van der Waals surface area contributed by atoms with E-state index in [1.807, 2.05) is 11.3 Å². The second kappa shape index (κ2) is 6.30. The fraction of sp³-hybridized carbons (Fsp3) is 0.692. The van der Waals surface area contributed by atoms with Crippen molar-refractivity contribution in [3.8, 4) is 0 Å². The highest BCUT2D eigenvalue weighted by molar-refractivity contribution is 8.19. The van der Waals surface area contributed by atoms with Crippen molar-refractivity contribution in [2.24, 2.45) is 17.8 Å². The Morgan fingerprint density at radius 2 is 2.35 bits per heavy atom. The maximum absolute atomic E-state index is 10.1. The van der Waals surface area contributed by atoms with Crippen molar-refractivity contribution in [2.75, 3.05) is 5.75 Å². The summed E-state index contributed by atoms with van der Waals surface area (Å²) in [7, 11) is 5.51. The second-order valence-electron chi connectivity index (χ2n) is 5.05. The molecule has 1 nitrogen and oxygen atoms in total. The van der Waals surface area contributed by atoms with Crippen molar-refractivity contribution in [3.05, 3.63) is 22.4 Å². The summed E-state index contributed by atoms with van der Waals surface area (Å²) in [5.41, 5.74) is 0. The SMILES string of the molecule is [B]SCCC1C(O)CC(C)C1Cc1cccs1. The first-order valence-electron chi connectivity index (χ1n) is 6.24. The molecule has 0 aromatic carbocycles. The fourth-order valence-corrected chi connectivity index (χ4v) is 4.25. The summed E-state index contributed by atoms with van der Waals surface area (Å²) in [6.45, 7) is 2.27. The van der Waals surface area contributed by atoms with Gasteiger partial charge in [-0.2, -0.15) is 0 Å². The highest BCUT2D eigenvalue weighted by atomic mass is 32.2. The molecule has 2 radical (unpaired) electrons. The highest BCUT2D eigenvalue weighted by Gasteiger charge is 2.39. The van der Waals surface area contributed by atoms with Crippen LogP contribution in [0.15, 0.2) is 17.5 Å². The summed E-state index contributed by atoms with van der Waals surface area (Å²) in [6.07, 6.45) is 3.00. The van der Waals surface area contributed by atoms with E-state index in [-0.39, 0.29) is 6.10 Å². The zero-order chi connectivity index (χ0) is 12.3. The van der Waals surface area contributed by atoms with Crippen LogP contribution >= 0.6 is 22.9 Å². The lowest BCUT2D eigenvalue weighted by Gasteiger charge is -2.23. The average molecular weight is 266 g/mol. The minimum absolute atomic E-state index is 0.123. The van der Waals surface area contributed by atoms with Gasteiger partial charge in [0.05, 0.1) is 6.10 Å². The van der Waals surface area contributed by atoms with E-state index in [2.05, 4.69) is 24.4 Å². The van der Waals surface area contributed by atoms with E-state index >= 15 is 0 Å². The molecule has 1 heterocycles. The molecule has 4 unspecified atom stereocenters. The molecule has 1 saturated carbocycles. The Morgan fingerprint density at radius 1 is 1.53 bits per heavy atom. The van der Waals surface area contributed by atoms with Crippen LogP contribution < -0.4 is 0 Å². The van der Waals surface area contributed by atoms with E-state index in [1.165, 1.54) is 16.5 Å². The lowest BCUT2D eigenvalue weighted by Crippen LogP contribution is -2.22. The van der Waals surface area contributed by atoms with E-state index in [4.69, 9.17) is 7.12 Å². The summed E-state index contributed by atoms with van der Waals surface area (Å²) >= 11 is 3.22. The molecule has 0 spiro atoms. The Morgan fingerprint density at radius 3 is 3.00 bits per heavy atom. The van der Waals surface area contributed by atoms with Gasteiger partial charge in [0.2, 0.25) is 0 Å². The number of thiophene rings is 1. The van der Waals surface area contributed by atoms with Gasteiger partial charge in [0.25, 0.3) is 0 Å². The topological polar surface area (TPSA) is 20.2 Å². The fourth-order valence-electron chi connectivity index (χ4n) is 3.06. The van der Waals surface area contributed by atoms with Gasteiger partial charge in [-0.05, 0) is 54.2 Å². The van der Waals surface area contributed by atoms with Crippen molar-refractivity contribution in [1.29, 1.82) is 0 Å². The van der Waals surface area contributed by atoms with Crippen LogP contribution in [0.3, 0.4) is 0 Å². The number of hydrogen-bond acceptors (Lipinski definition) is 3. The molecule has 92 valence electrons. The molecule has 1 aromatic rings. The van der Waals surface area contributed by atoms with Crippen molar-refractivity contribution < 1.29 is 5.11 Å². The second-order valence-corrected chi connectivity index (χ2v) is 6.82. The van der Waals surface area contributed by atoms with Crippen LogP contribution in [0.1, 0.15) is 24.6 Å². The van der Waals surface area contributed by atoms with Gasteiger partial charge in [0.1, 0.15) is 0 Å². The van der Waals surface area contributed by atoms with Crippen LogP contribution in [0.2, 0.25) is 0 Å². The molecular formula is C13H19BOS2. The first-order valence-corrected chi connectivity index (χ1v) is 8.17. The average Bonchev–Trinajstić information content (AvgIpc) is 2.88. The summed E-state index contributed by atoms with van der Waals surface area (Å²) in [5, 5.41) is 12.3. The molecule has 4 heteroatoms. The molecule has 0 saturated heterocycles. The van der Waals surface area contributed by atoms with E-state index < -0.39 is 0 Å². The third-order valence-electron chi connectivity index (χ3n) is 3.97. The maximum Gasteiger partial charge on any atom is 0.161 e. The largest absolute Gasteiger partial charge is 0.393 e. The van der Waals surface area contributed by atoms with Crippen molar-refractivity contribution in [3.63, 3.8) is 0 Å².